The second-order valence-corrected chi connectivity index (χ2v) is 8.72. The molecule has 168 valence electrons. The zero-order chi connectivity index (χ0) is 21.8. The molecule has 1 amide bonds. The summed E-state index contributed by atoms with van der Waals surface area (Å²) in [5.41, 5.74) is 0. The molecule has 0 bridgehead atoms. The Morgan fingerprint density at radius 2 is 1.74 bits per heavy atom. The van der Waals surface area contributed by atoms with Crippen molar-refractivity contribution in [1.82, 2.24) is 9.80 Å². The summed E-state index contributed by atoms with van der Waals surface area (Å²) in [6.07, 6.45) is 2.58. The molecule has 1 aromatic carbocycles. The molecule has 7 heteroatoms. The van der Waals surface area contributed by atoms with Crippen molar-refractivity contribution in [1.29, 1.82) is 0 Å². The molecule has 0 spiro atoms. The molecular formula is C24H31FN2O4. The van der Waals surface area contributed by atoms with Gasteiger partial charge in [0.1, 0.15) is 23.9 Å². The Labute approximate surface area is 182 Å². The Hall–Kier alpha value is -2.38. The van der Waals surface area contributed by atoms with Gasteiger partial charge in [-0.3, -0.25) is 9.69 Å². The van der Waals surface area contributed by atoms with Crippen LogP contribution in [0.15, 0.2) is 40.8 Å². The molecule has 3 heterocycles. The molecule has 1 aromatic heterocycles. The van der Waals surface area contributed by atoms with E-state index in [-0.39, 0.29) is 30.5 Å². The number of rotatable bonds is 6. The summed E-state index contributed by atoms with van der Waals surface area (Å²) in [6, 6.07) is 9.27. The summed E-state index contributed by atoms with van der Waals surface area (Å²) in [5.74, 6) is 1.69. The van der Waals surface area contributed by atoms with E-state index in [0.29, 0.717) is 23.2 Å². The lowest BCUT2D eigenvalue weighted by Crippen LogP contribution is -2.48. The van der Waals surface area contributed by atoms with E-state index in [1.807, 2.05) is 4.90 Å². The van der Waals surface area contributed by atoms with Crippen LogP contribution in [0.2, 0.25) is 0 Å². The van der Waals surface area contributed by atoms with E-state index in [1.54, 1.807) is 24.3 Å². The molecule has 2 fully saturated rings. The highest BCUT2D eigenvalue weighted by Crippen LogP contribution is 2.23. The summed E-state index contributed by atoms with van der Waals surface area (Å²) < 4.78 is 30.1. The number of nitrogens with zero attached hydrogens (tertiary/aromatic N) is 2. The number of benzene rings is 1. The highest BCUT2D eigenvalue weighted by atomic mass is 19.1. The average Bonchev–Trinajstić information content (AvgIpc) is 3.22. The van der Waals surface area contributed by atoms with Gasteiger partial charge in [-0.05, 0) is 69.0 Å². The van der Waals surface area contributed by atoms with Crippen molar-refractivity contribution in [3.63, 3.8) is 0 Å². The third kappa shape index (κ3) is 5.86. The predicted molar refractivity (Wildman–Crippen MR) is 115 cm³/mol. The maximum absolute atomic E-state index is 13.0. The van der Waals surface area contributed by atoms with E-state index < -0.39 is 0 Å². The number of furan rings is 1. The van der Waals surface area contributed by atoms with Gasteiger partial charge in [0.05, 0.1) is 12.2 Å². The fourth-order valence-electron chi connectivity index (χ4n) is 4.53. The Morgan fingerprint density at radius 3 is 2.42 bits per heavy atom. The lowest BCUT2D eigenvalue weighted by molar-refractivity contribution is -0.0729. The Bertz CT molecular complexity index is 851. The van der Waals surface area contributed by atoms with Crippen LogP contribution >= 0.6 is 0 Å². The van der Waals surface area contributed by atoms with E-state index in [2.05, 4.69) is 18.7 Å². The number of amides is 1. The lowest BCUT2D eigenvalue weighted by Gasteiger charge is -2.39. The molecule has 0 N–H and O–H groups in total. The first-order valence-electron chi connectivity index (χ1n) is 11.1. The van der Waals surface area contributed by atoms with Crippen molar-refractivity contribution in [3.8, 4) is 5.75 Å². The van der Waals surface area contributed by atoms with Crippen LogP contribution in [0.4, 0.5) is 4.39 Å². The Balaban J connectivity index is 1.24. The third-order valence-electron chi connectivity index (χ3n) is 5.98. The Morgan fingerprint density at radius 1 is 1.06 bits per heavy atom. The molecule has 4 rings (SSSR count). The number of morpholine rings is 1. The van der Waals surface area contributed by atoms with Crippen molar-refractivity contribution < 1.29 is 23.1 Å². The first-order valence-corrected chi connectivity index (χ1v) is 11.1. The number of carbonyl (C=O) groups excluding carboxylic acids is 1. The summed E-state index contributed by atoms with van der Waals surface area (Å²) in [5, 5.41) is 0. The van der Waals surface area contributed by atoms with E-state index in [4.69, 9.17) is 13.9 Å². The predicted octanol–water partition coefficient (Wildman–Crippen LogP) is 3.96. The van der Waals surface area contributed by atoms with Crippen molar-refractivity contribution in [3.05, 3.63) is 53.7 Å². The lowest BCUT2D eigenvalue weighted by atomic mass is 9.95. The second kappa shape index (κ2) is 9.83. The smallest absolute Gasteiger partial charge is 0.289 e. The van der Waals surface area contributed by atoms with E-state index in [1.165, 1.54) is 12.1 Å². The molecule has 6 nitrogen and oxygen atoms in total. The minimum absolute atomic E-state index is 0.0694. The number of hydrogen-bond donors (Lipinski definition) is 0. The fourth-order valence-corrected chi connectivity index (χ4v) is 4.53. The van der Waals surface area contributed by atoms with Gasteiger partial charge in [-0.2, -0.15) is 0 Å². The second-order valence-electron chi connectivity index (χ2n) is 8.72. The molecule has 2 unspecified atom stereocenters. The SMILES string of the molecule is CC1CN(CC2CCN(C(=O)c3ccc(COc4ccc(F)cc4)o3)CC2)CC(C)O1. The monoisotopic (exact) mass is 430 g/mol. The van der Waals surface area contributed by atoms with Crippen LogP contribution in [-0.4, -0.2) is 60.6 Å². The minimum Gasteiger partial charge on any atom is -0.486 e. The van der Waals surface area contributed by atoms with Crippen molar-refractivity contribution in [2.24, 2.45) is 5.92 Å². The zero-order valence-corrected chi connectivity index (χ0v) is 18.3. The van der Waals surface area contributed by atoms with Crippen molar-refractivity contribution in [2.75, 3.05) is 32.7 Å². The summed E-state index contributed by atoms with van der Waals surface area (Å²) in [4.78, 5) is 17.2. The van der Waals surface area contributed by atoms with Crippen LogP contribution in [0.1, 0.15) is 43.0 Å². The molecule has 2 aliphatic rings. The van der Waals surface area contributed by atoms with E-state index in [0.717, 1.165) is 45.6 Å². The first kappa shape index (κ1) is 21.8. The van der Waals surface area contributed by atoms with Gasteiger partial charge in [-0.1, -0.05) is 0 Å². The number of halogens is 1. The van der Waals surface area contributed by atoms with Gasteiger partial charge in [0, 0.05) is 32.7 Å². The van der Waals surface area contributed by atoms with Crippen molar-refractivity contribution in [2.45, 2.75) is 45.5 Å². The van der Waals surface area contributed by atoms with E-state index in [9.17, 15) is 9.18 Å². The average molecular weight is 431 g/mol. The molecule has 0 aliphatic carbocycles. The standard InChI is InChI=1S/C24H31FN2O4/c1-17-13-26(14-18(2)30-17)15-19-9-11-27(12-10-19)24(28)23-8-7-22(31-23)16-29-21-5-3-20(25)4-6-21/h3-8,17-19H,9-16H2,1-2H3. The molecule has 2 atom stereocenters. The largest absolute Gasteiger partial charge is 0.486 e. The zero-order valence-electron chi connectivity index (χ0n) is 18.3. The third-order valence-corrected chi connectivity index (χ3v) is 5.98. The van der Waals surface area contributed by atoms with Gasteiger partial charge in [0.2, 0.25) is 0 Å². The van der Waals surface area contributed by atoms with Gasteiger partial charge in [0.25, 0.3) is 5.91 Å². The van der Waals surface area contributed by atoms with Crippen LogP contribution in [0.3, 0.4) is 0 Å². The van der Waals surface area contributed by atoms with Crippen LogP contribution in [0, 0.1) is 11.7 Å². The maximum atomic E-state index is 13.0. The number of ether oxygens (including phenoxy) is 2. The minimum atomic E-state index is -0.309. The topological polar surface area (TPSA) is 55.2 Å². The molecule has 2 aromatic rings. The molecule has 0 radical (unpaired) electrons. The molecule has 0 saturated carbocycles. The normalized spacial score (nSPS) is 23.1. The summed E-state index contributed by atoms with van der Waals surface area (Å²) >= 11 is 0. The first-order chi connectivity index (χ1) is 15.0. The summed E-state index contributed by atoms with van der Waals surface area (Å²) in [6.45, 7) is 9.00. The molecule has 2 aliphatic heterocycles. The number of piperidine rings is 1. The number of carbonyl (C=O) groups is 1. The van der Waals surface area contributed by atoms with Gasteiger partial charge in [-0.25, -0.2) is 4.39 Å². The highest BCUT2D eigenvalue weighted by molar-refractivity contribution is 5.91. The van der Waals surface area contributed by atoms with Crippen molar-refractivity contribution >= 4 is 5.91 Å². The van der Waals surface area contributed by atoms with Gasteiger partial charge >= 0.3 is 0 Å². The quantitative estimate of drug-likeness (QED) is 0.694. The fraction of sp³-hybridized carbons (Fsp3) is 0.542. The highest BCUT2D eigenvalue weighted by Gasteiger charge is 2.29. The van der Waals surface area contributed by atoms with Crippen LogP contribution < -0.4 is 4.74 Å². The maximum Gasteiger partial charge on any atom is 0.289 e. The molecular weight excluding hydrogens is 399 g/mol. The number of hydrogen-bond acceptors (Lipinski definition) is 5. The van der Waals surface area contributed by atoms with Crippen LogP contribution in [0.25, 0.3) is 0 Å². The molecule has 31 heavy (non-hydrogen) atoms. The Kier molecular flexibility index (Phi) is 6.92. The molecule has 2 saturated heterocycles. The summed E-state index contributed by atoms with van der Waals surface area (Å²) in [7, 11) is 0. The van der Waals surface area contributed by atoms with Gasteiger partial charge < -0.3 is 18.8 Å². The van der Waals surface area contributed by atoms with Crippen LogP contribution in [0.5, 0.6) is 5.75 Å². The van der Waals surface area contributed by atoms with Crippen LogP contribution in [-0.2, 0) is 11.3 Å². The number of likely N-dealkylation sites (tertiary alicyclic amines) is 1. The van der Waals surface area contributed by atoms with E-state index >= 15 is 0 Å². The van der Waals surface area contributed by atoms with Gasteiger partial charge in [-0.15, -0.1) is 0 Å². The van der Waals surface area contributed by atoms with Gasteiger partial charge in [0.15, 0.2) is 5.76 Å².